The standard InChI is InChI=1S/C9H12.CH4S/c1-7-5-4-6-8(2)9(7)3;1-2/h4-6H,1-3H3;2H,1H3. The van der Waals surface area contributed by atoms with Crippen molar-refractivity contribution in [2.45, 2.75) is 20.8 Å². The SMILES string of the molecule is CS.Cc1cccc(C)c1C. The van der Waals surface area contributed by atoms with E-state index in [1.165, 1.54) is 16.7 Å². The highest BCUT2D eigenvalue weighted by Gasteiger charge is 1.91. The zero-order valence-corrected chi connectivity index (χ0v) is 8.57. The van der Waals surface area contributed by atoms with Gasteiger partial charge in [0.1, 0.15) is 0 Å². The van der Waals surface area contributed by atoms with E-state index in [0.717, 1.165) is 0 Å². The lowest BCUT2D eigenvalue weighted by Crippen LogP contribution is -1.82. The van der Waals surface area contributed by atoms with Crippen LogP contribution in [0.3, 0.4) is 0 Å². The van der Waals surface area contributed by atoms with Gasteiger partial charge in [0.15, 0.2) is 0 Å². The summed E-state index contributed by atoms with van der Waals surface area (Å²) in [4.78, 5) is 0. The lowest BCUT2D eigenvalue weighted by molar-refractivity contribution is 1.27. The van der Waals surface area contributed by atoms with Gasteiger partial charge >= 0.3 is 0 Å². The van der Waals surface area contributed by atoms with Gasteiger partial charge in [-0.1, -0.05) is 18.2 Å². The second-order valence-electron chi connectivity index (χ2n) is 2.52. The number of hydrogen-bond acceptors (Lipinski definition) is 1. The molecule has 11 heavy (non-hydrogen) atoms. The van der Waals surface area contributed by atoms with E-state index in [4.69, 9.17) is 0 Å². The van der Waals surface area contributed by atoms with Crippen LogP contribution in [-0.4, -0.2) is 6.26 Å². The third kappa shape index (κ3) is 2.98. The largest absolute Gasteiger partial charge is 0.183 e. The van der Waals surface area contributed by atoms with E-state index in [-0.39, 0.29) is 0 Å². The fourth-order valence-electron chi connectivity index (χ4n) is 0.898. The van der Waals surface area contributed by atoms with E-state index in [2.05, 4.69) is 51.6 Å². The van der Waals surface area contributed by atoms with Crippen molar-refractivity contribution in [3.8, 4) is 0 Å². The van der Waals surface area contributed by atoms with E-state index in [1.54, 1.807) is 6.26 Å². The molecular formula is C10H16S. The molecule has 0 amide bonds. The van der Waals surface area contributed by atoms with Crippen LogP contribution < -0.4 is 0 Å². The molecule has 0 bridgehead atoms. The van der Waals surface area contributed by atoms with Gasteiger partial charge < -0.3 is 0 Å². The van der Waals surface area contributed by atoms with Crippen LogP contribution in [-0.2, 0) is 0 Å². The van der Waals surface area contributed by atoms with Crippen molar-refractivity contribution in [1.82, 2.24) is 0 Å². The summed E-state index contributed by atoms with van der Waals surface area (Å²) in [6.07, 6.45) is 1.69. The van der Waals surface area contributed by atoms with Crippen molar-refractivity contribution in [3.05, 3.63) is 34.9 Å². The Balaban J connectivity index is 0.000000461. The van der Waals surface area contributed by atoms with E-state index < -0.39 is 0 Å². The van der Waals surface area contributed by atoms with Gasteiger partial charge in [0.25, 0.3) is 0 Å². The predicted molar refractivity (Wildman–Crippen MR) is 55.6 cm³/mol. The Morgan fingerprint density at radius 1 is 0.909 bits per heavy atom. The van der Waals surface area contributed by atoms with Crippen molar-refractivity contribution in [3.63, 3.8) is 0 Å². The molecule has 0 aliphatic carbocycles. The molecule has 0 fully saturated rings. The molecular weight excluding hydrogens is 152 g/mol. The smallest absolute Gasteiger partial charge is 0.0215 e. The molecule has 0 radical (unpaired) electrons. The molecule has 0 aliphatic heterocycles. The highest BCUT2D eigenvalue weighted by Crippen LogP contribution is 2.09. The summed E-state index contributed by atoms with van der Waals surface area (Å²) >= 11 is 3.53. The van der Waals surface area contributed by atoms with Gasteiger partial charge in [-0.25, -0.2) is 0 Å². The van der Waals surface area contributed by atoms with Crippen LogP contribution in [0.1, 0.15) is 16.7 Å². The van der Waals surface area contributed by atoms with Crippen molar-refractivity contribution in [1.29, 1.82) is 0 Å². The molecule has 0 unspecified atom stereocenters. The van der Waals surface area contributed by atoms with E-state index in [9.17, 15) is 0 Å². The zero-order valence-electron chi connectivity index (χ0n) is 7.68. The molecule has 1 aromatic rings. The van der Waals surface area contributed by atoms with Crippen LogP contribution in [0.2, 0.25) is 0 Å². The zero-order chi connectivity index (χ0) is 8.85. The summed E-state index contributed by atoms with van der Waals surface area (Å²) in [6, 6.07) is 6.38. The minimum absolute atomic E-state index is 1.38. The van der Waals surface area contributed by atoms with E-state index in [0.29, 0.717) is 0 Å². The second kappa shape index (κ2) is 5.25. The summed E-state index contributed by atoms with van der Waals surface area (Å²) in [5, 5.41) is 0. The Hall–Kier alpha value is -0.430. The normalized spacial score (nSPS) is 8.45. The molecule has 0 heterocycles. The number of thiol groups is 1. The molecule has 0 atom stereocenters. The minimum Gasteiger partial charge on any atom is -0.183 e. The predicted octanol–water partition coefficient (Wildman–Crippen LogP) is 3.16. The van der Waals surface area contributed by atoms with Crippen LogP contribution >= 0.6 is 12.6 Å². The van der Waals surface area contributed by atoms with Gasteiger partial charge in [-0.3, -0.25) is 0 Å². The molecule has 1 rings (SSSR count). The van der Waals surface area contributed by atoms with Crippen LogP contribution in [0, 0.1) is 20.8 Å². The average molecular weight is 168 g/mol. The summed E-state index contributed by atoms with van der Waals surface area (Å²) < 4.78 is 0. The Labute approximate surface area is 75.1 Å². The first kappa shape index (κ1) is 10.6. The van der Waals surface area contributed by atoms with Gasteiger partial charge in [-0.15, -0.1) is 0 Å². The molecule has 62 valence electrons. The van der Waals surface area contributed by atoms with Crippen LogP contribution in [0.5, 0.6) is 0 Å². The van der Waals surface area contributed by atoms with Gasteiger partial charge in [0.05, 0.1) is 0 Å². The van der Waals surface area contributed by atoms with Crippen molar-refractivity contribution >= 4 is 12.6 Å². The van der Waals surface area contributed by atoms with Gasteiger partial charge in [0.2, 0.25) is 0 Å². The highest BCUT2D eigenvalue weighted by atomic mass is 32.1. The monoisotopic (exact) mass is 168 g/mol. The Morgan fingerprint density at radius 3 is 1.55 bits per heavy atom. The average Bonchev–Trinajstić information content (AvgIpc) is 2.04. The lowest BCUT2D eigenvalue weighted by Gasteiger charge is -2.00. The van der Waals surface area contributed by atoms with Gasteiger partial charge in [0, 0.05) is 0 Å². The first-order valence-electron chi connectivity index (χ1n) is 3.69. The first-order valence-corrected chi connectivity index (χ1v) is 4.59. The van der Waals surface area contributed by atoms with Gasteiger partial charge in [-0.2, -0.15) is 12.6 Å². The maximum Gasteiger partial charge on any atom is -0.0215 e. The highest BCUT2D eigenvalue weighted by molar-refractivity contribution is 7.79. The Bertz CT molecular complexity index is 196. The summed E-state index contributed by atoms with van der Waals surface area (Å²) in [6.45, 7) is 6.44. The lowest BCUT2D eigenvalue weighted by atomic mass is 10.1. The van der Waals surface area contributed by atoms with Crippen molar-refractivity contribution in [2.24, 2.45) is 0 Å². The molecule has 0 N–H and O–H groups in total. The summed E-state index contributed by atoms with van der Waals surface area (Å²) in [7, 11) is 0. The third-order valence-corrected chi connectivity index (χ3v) is 1.88. The number of benzene rings is 1. The maximum absolute atomic E-state index is 3.53. The quantitative estimate of drug-likeness (QED) is 0.565. The Morgan fingerprint density at radius 2 is 1.27 bits per heavy atom. The summed E-state index contributed by atoms with van der Waals surface area (Å²) in [5.74, 6) is 0. The summed E-state index contributed by atoms with van der Waals surface area (Å²) in [5.41, 5.74) is 4.18. The van der Waals surface area contributed by atoms with E-state index >= 15 is 0 Å². The molecule has 1 aromatic carbocycles. The van der Waals surface area contributed by atoms with Gasteiger partial charge in [-0.05, 0) is 43.7 Å². The fraction of sp³-hybridized carbons (Fsp3) is 0.400. The minimum atomic E-state index is 1.38. The molecule has 0 saturated carbocycles. The molecule has 0 aromatic heterocycles. The second-order valence-corrected chi connectivity index (χ2v) is 2.52. The molecule has 0 saturated heterocycles. The van der Waals surface area contributed by atoms with Crippen LogP contribution in [0.25, 0.3) is 0 Å². The fourth-order valence-corrected chi connectivity index (χ4v) is 0.898. The third-order valence-electron chi connectivity index (χ3n) is 1.88. The molecule has 0 aliphatic rings. The first-order chi connectivity index (χ1) is 5.22. The van der Waals surface area contributed by atoms with Crippen molar-refractivity contribution in [2.75, 3.05) is 6.26 Å². The molecule has 0 spiro atoms. The number of aryl methyl sites for hydroxylation is 2. The van der Waals surface area contributed by atoms with Crippen LogP contribution in [0.15, 0.2) is 18.2 Å². The number of hydrogen-bond donors (Lipinski definition) is 1. The van der Waals surface area contributed by atoms with Crippen molar-refractivity contribution < 1.29 is 0 Å². The number of rotatable bonds is 0. The van der Waals surface area contributed by atoms with Crippen LogP contribution in [0.4, 0.5) is 0 Å². The topological polar surface area (TPSA) is 0 Å². The molecule has 1 heteroatoms. The maximum atomic E-state index is 3.53. The molecule has 0 nitrogen and oxygen atoms in total. The Kier molecular flexibility index (Phi) is 5.05. The van der Waals surface area contributed by atoms with E-state index in [1.807, 2.05) is 0 Å².